The fourth-order valence-electron chi connectivity index (χ4n) is 4.91. The van der Waals surface area contributed by atoms with Crippen LogP contribution in [0.2, 0.25) is 0 Å². The lowest BCUT2D eigenvalue weighted by molar-refractivity contribution is -0.149. The Kier molecular flexibility index (Phi) is 4.58. The number of aryl methyl sites for hydroxylation is 1. The highest BCUT2D eigenvalue weighted by Crippen LogP contribution is 2.39. The van der Waals surface area contributed by atoms with Crippen LogP contribution in [-0.2, 0) is 11.3 Å². The average molecular weight is 367 g/mol. The van der Waals surface area contributed by atoms with Crippen molar-refractivity contribution in [3.05, 3.63) is 45.7 Å². The first-order valence-electron chi connectivity index (χ1n) is 10.1. The molecule has 2 aliphatic rings. The predicted molar refractivity (Wildman–Crippen MR) is 108 cm³/mol. The number of pyridine rings is 1. The molecule has 0 bridgehead atoms. The predicted octanol–water partition coefficient (Wildman–Crippen LogP) is 3.20. The van der Waals surface area contributed by atoms with E-state index < -0.39 is 0 Å². The summed E-state index contributed by atoms with van der Waals surface area (Å²) in [7, 11) is 0. The molecule has 27 heavy (non-hydrogen) atoms. The third-order valence-electron chi connectivity index (χ3n) is 6.30. The minimum absolute atomic E-state index is 0.0504. The van der Waals surface area contributed by atoms with Gasteiger partial charge in [-0.2, -0.15) is 0 Å². The number of rotatable bonds is 3. The van der Waals surface area contributed by atoms with Crippen molar-refractivity contribution in [1.82, 2.24) is 14.8 Å². The van der Waals surface area contributed by atoms with E-state index in [0.717, 1.165) is 60.9 Å². The van der Waals surface area contributed by atoms with Crippen molar-refractivity contribution in [1.29, 1.82) is 0 Å². The molecule has 3 heterocycles. The molecule has 4 rings (SSSR count). The highest BCUT2D eigenvalue weighted by atomic mass is 16.2. The van der Waals surface area contributed by atoms with E-state index in [2.05, 4.69) is 23.7 Å². The zero-order chi connectivity index (χ0) is 19.2. The SMILES string of the molecule is Cc1ccc2[nH]c(CN3CCCC34CCCN(C(C)C)C4=O)cc(=O)c2c1. The maximum Gasteiger partial charge on any atom is 0.243 e. The van der Waals surface area contributed by atoms with Gasteiger partial charge in [0.25, 0.3) is 0 Å². The molecule has 2 fully saturated rings. The summed E-state index contributed by atoms with van der Waals surface area (Å²) in [5.41, 5.74) is 2.51. The van der Waals surface area contributed by atoms with Gasteiger partial charge in [-0.05, 0) is 65.1 Å². The Morgan fingerprint density at radius 1 is 1.11 bits per heavy atom. The molecule has 2 aliphatic heterocycles. The summed E-state index contributed by atoms with van der Waals surface area (Å²) in [4.78, 5) is 33.7. The van der Waals surface area contributed by atoms with Crippen LogP contribution in [0.3, 0.4) is 0 Å². The van der Waals surface area contributed by atoms with Crippen molar-refractivity contribution in [2.75, 3.05) is 13.1 Å². The highest BCUT2D eigenvalue weighted by Gasteiger charge is 2.51. The van der Waals surface area contributed by atoms with E-state index in [1.54, 1.807) is 6.07 Å². The third-order valence-corrected chi connectivity index (χ3v) is 6.30. The molecule has 2 aromatic rings. The molecule has 1 N–H and O–H groups in total. The van der Waals surface area contributed by atoms with Gasteiger partial charge >= 0.3 is 0 Å². The number of piperidine rings is 1. The van der Waals surface area contributed by atoms with E-state index in [4.69, 9.17) is 0 Å². The molecular formula is C22H29N3O2. The van der Waals surface area contributed by atoms with Crippen LogP contribution in [0.15, 0.2) is 29.1 Å². The minimum Gasteiger partial charge on any atom is -0.357 e. The normalized spacial score (nSPS) is 23.9. The fraction of sp³-hybridized carbons (Fsp3) is 0.545. The van der Waals surface area contributed by atoms with E-state index in [-0.39, 0.29) is 22.9 Å². The number of fused-ring (bicyclic) bond motifs is 1. The molecular weight excluding hydrogens is 338 g/mol. The van der Waals surface area contributed by atoms with E-state index in [1.165, 1.54) is 0 Å². The summed E-state index contributed by atoms with van der Waals surface area (Å²) < 4.78 is 0. The Labute approximate surface area is 160 Å². The Bertz CT molecular complexity index is 933. The second kappa shape index (κ2) is 6.79. The first-order valence-corrected chi connectivity index (χ1v) is 10.1. The van der Waals surface area contributed by atoms with Gasteiger partial charge in [-0.15, -0.1) is 0 Å². The Morgan fingerprint density at radius 2 is 1.85 bits per heavy atom. The monoisotopic (exact) mass is 367 g/mol. The standard InChI is InChI=1S/C22H29N3O2/c1-15(2)25-11-5-9-22(21(25)27)8-4-10-24(22)14-17-13-20(26)18-12-16(3)6-7-19(18)23-17/h6-7,12-13,15H,4-5,8-11,14H2,1-3H3,(H,23,26). The topological polar surface area (TPSA) is 56.4 Å². The number of nitrogens with one attached hydrogen (secondary N) is 1. The lowest BCUT2D eigenvalue weighted by atomic mass is 9.84. The molecule has 144 valence electrons. The van der Waals surface area contributed by atoms with Gasteiger partial charge in [0.15, 0.2) is 5.43 Å². The second-order valence-corrected chi connectivity index (χ2v) is 8.46. The largest absolute Gasteiger partial charge is 0.357 e. The molecule has 0 saturated carbocycles. The molecule has 1 atom stereocenters. The van der Waals surface area contributed by atoms with Gasteiger partial charge in [-0.25, -0.2) is 0 Å². The second-order valence-electron chi connectivity index (χ2n) is 8.46. The fourth-order valence-corrected chi connectivity index (χ4v) is 4.91. The van der Waals surface area contributed by atoms with E-state index >= 15 is 0 Å². The molecule has 0 radical (unpaired) electrons. The number of aromatic amines is 1. The van der Waals surface area contributed by atoms with Crippen LogP contribution in [0.5, 0.6) is 0 Å². The zero-order valence-electron chi connectivity index (χ0n) is 16.5. The molecule has 0 aliphatic carbocycles. The summed E-state index contributed by atoms with van der Waals surface area (Å²) >= 11 is 0. The lowest BCUT2D eigenvalue weighted by Gasteiger charge is -2.46. The number of benzene rings is 1. The number of hydrogen-bond donors (Lipinski definition) is 1. The molecule has 5 heteroatoms. The Balaban J connectivity index is 1.66. The maximum absolute atomic E-state index is 13.3. The van der Waals surface area contributed by atoms with Crippen LogP contribution in [0, 0.1) is 6.92 Å². The summed E-state index contributed by atoms with van der Waals surface area (Å²) in [5, 5.41) is 0.731. The van der Waals surface area contributed by atoms with Crippen LogP contribution in [0.1, 0.15) is 50.8 Å². The van der Waals surface area contributed by atoms with Crippen molar-refractivity contribution in [2.24, 2.45) is 0 Å². The van der Waals surface area contributed by atoms with E-state index in [0.29, 0.717) is 6.54 Å². The van der Waals surface area contributed by atoms with Crippen molar-refractivity contribution in [2.45, 2.75) is 64.6 Å². The van der Waals surface area contributed by atoms with Crippen LogP contribution in [0.4, 0.5) is 0 Å². The number of hydrogen-bond acceptors (Lipinski definition) is 3. The maximum atomic E-state index is 13.3. The molecule has 1 spiro atoms. The molecule has 1 aromatic heterocycles. The van der Waals surface area contributed by atoms with Crippen LogP contribution < -0.4 is 5.43 Å². The molecule has 2 saturated heterocycles. The first kappa shape index (κ1) is 18.2. The summed E-state index contributed by atoms with van der Waals surface area (Å²) in [6.07, 6.45) is 3.93. The summed E-state index contributed by atoms with van der Waals surface area (Å²) in [6, 6.07) is 7.87. The Hall–Kier alpha value is -2.14. The number of likely N-dealkylation sites (tertiary alicyclic amines) is 2. The van der Waals surface area contributed by atoms with Crippen molar-refractivity contribution in [3.63, 3.8) is 0 Å². The van der Waals surface area contributed by atoms with Crippen LogP contribution in [0.25, 0.3) is 10.9 Å². The quantitative estimate of drug-likeness (QED) is 0.906. The van der Waals surface area contributed by atoms with Crippen LogP contribution in [-0.4, -0.2) is 45.4 Å². The third kappa shape index (κ3) is 3.08. The number of amides is 1. The number of carbonyl (C=O) groups is 1. The molecule has 5 nitrogen and oxygen atoms in total. The van der Waals surface area contributed by atoms with Gasteiger partial charge in [0.1, 0.15) is 5.54 Å². The highest BCUT2D eigenvalue weighted by molar-refractivity contribution is 5.87. The number of aromatic nitrogens is 1. The van der Waals surface area contributed by atoms with Gasteiger partial charge in [0.05, 0.1) is 0 Å². The van der Waals surface area contributed by atoms with Crippen LogP contribution >= 0.6 is 0 Å². The van der Waals surface area contributed by atoms with E-state index in [9.17, 15) is 9.59 Å². The molecule has 1 unspecified atom stereocenters. The lowest BCUT2D eigenvalue weighted by Crippen LogP contribution is -2.61. The minimum atomic E-state index is -0.387. The van der Waals surface area contributed by atoms with Gasteiger partial charge < -0.3 is 9.88 Å². The number of nitrogens with zero attached hydrogens (tertiary/aromatic N) is 2. The first-order chi connectivity index (χ1) is 12.9. The van der Waals surface area contributed by atoms with Gasteiger partial charge in [-0.3, -0.25) is 14.5 Å². The van der Waals surface area contributed by atoms with Crippen molar-refractivity contribution < 1.29 is 4.79 Å². The molecule has 1 aromatic carbocycles. The zero-order valence-corrected chi connectivity index (χ0v) is 16.5. The number of carbonyl (C=O) groups excluding carboxylic acids is 1. The average Bonchev–Trinajstić information content (AvgIpc) is 3.01. The van der Waals surface area contributed by atoms with Gasteiger partial charge in [-0.1, -0.05) is 11.6 Å². The van der Waals surface area contributed by atoms with Crippen molar-refractivity contribution >= 4 is 16.8 Å². The van der Waals surface area contributed by atoms with Gasteiger partial charge in [0.2, 0.25) is 5.91 Å². The van der Waals surface area contributed by atoms with Gasteiger partial charge in [0, 0.05) is 41.8 Å². The summed E-state index contributed by atoms with van der Waals surface area (Å²) in [5.74, 6) is 0.278. The summed E-state index contributed by atoms with van der Waals surface area (Å²) in [6.45, 7) is 8.58. The smallest absolute Gasteiger partial charge is 0.243 e. The van der Waals surface area contributed by atoms with E-state index in [1.807, 2.05) is 30.0 Å². The Morgan fingerprint density at radius 3 is 2.59 bits per heavy atom. The number of H-pyrrole nitrogens is 1. The van der Waals surface area contributed by atoms with Crippen molar-refractivity contribution in [3.8, 4) is 0 Å². The molecule has 1 amide bonds.